The van der Waals surface area contributed by atoms with E-state index in [0.29, 0.717) is 6.04 Å². The van der Waals surface area contributed by atoms with Gasteiger partial charge in [0.05, 0.1) is 17.9 Å². The van der Waals surface area contributed by atoms with Gasteiger partial charge < -0.3 is 4.90 Å². The van der Waals surface area contributed by atoms with Crippen LogP contribution in [-0.2, 0) is 0 Å². The number of aromatic amines is 1. The fourth-order valence-electron chi connectivity index (χ4n) is 4.06. The molecule has 26 heavy (non-hydrogen) atoms. The van der Waals surface area contributed by atoms with E-state index in [1.54, 1.807) is 0 Å². The zero-order valence-electron chi connectivity index (χ0n) is 15.5. The number of nitrogens with one attached hydrogen (secondary N) is 1. The van der Waals surface area contributed by atoms with Crippen molar-refractivity contribution < 1.29 is 0 Å². The highest BCUT2D eigenvalue weighted by Gasteiger charge is 2.31. The summed E-state index contributed by atoms with van der Waals surface area (Å²) in [6.45, 7) is 2.27. The average Bonchev–Trinajstić information content (AvgIpc) is 3.33. The smallest absolute Gasteiger partial charge is 0.0701 e. The van der Waals surface area contributed by atoms with E-state index in [9.17, 15) is 0 Å². The van der Waals surface area contributed by atoms with Crippen molar-refractivity contribution in [3.05, 3.63) is 78.0 Å². The van der Waals surface area contributed by atoms with Crippen molar-refractivity contribution in [1.29, 1.82) is 0 Å². The maximum Gasteiger partial charge on any atom is 0.0701 e. The number of likely N-dealkylation sites (tertiary alicyclic amines) is 1. The van der Waals surface area contributed by atoms with Gasteiger partial charge in [0.1, 0.15) is 0 Å². The minimum Gasteiger partial charge on any atom is -0.305 e. The minimum absolute atomic E-state index is 0.182. The van der Waals surface area contributed by atoms with E-state index < -0.39 is 0 Å². The van der Waals surface area contributed by atoms with Gasteiger partial charge in [0.25, 0.3) is 0 Å². The Morgan fingerprint density at radius 1 is 1.08 bits per heavy atom. The lowest BCUT2D eigenvalue weighted by atomic mass is 9.94. The lowest BCUT2D eigenvalue weighted by molar-refractivity contribution is 0.200. The Labute approximate surface area is 155 Å². The quantitative estimate of drug-likeness (QED) is 0.763. The molecule has 2 unspecified atom stereocenters. The van der Waals surface area contributed by atoms with E-state index in [-0.39, 0.29) is 6.04 Å². The molecule has 0 amide bonds. The summed E-state index contributed by atoms with van der Waals surface area (Å²) in [6.07, 6.45) is 3.20. The molecular formula is C22H26N4. The molecule has 0 radical (unpaired) electrons. The molecule has 2 heterocycles. The molecule has 4 nitrogen and oxygen atoms in total. The van der Waals surface area contributed by atoms with E-state index in [2.05, 4.69) is 94.8 Å². The molecule has 1 aliphatic heterocycles. The monoisotopic (exact) mass is 346 g/mol. The van der Waals surface area contributed by atoms with Crippen LogP contribution in [0.3, 0.4) is 0 Å². The lowest BCUT2D eigenvalue weighted by Gasteiger charge is -2.33. The second kappa shape index (κ2) is 7.44. The van der Waals surface area contributed by atoms with E-state index in [4.69, 9.17) is 0 Å². The van der Waals surface area contributed by atoms with Gasteiger partial charge in [-0.05, 0) is 38.2 Å². The highest BCUT2D eigenvalue weighted by Crippen LogP contribution is 2.36. The molecule has 4 heteroatoms. The summed E-state index contributed by atoms with van der Waals surface area (Å²) in [7, 11) is 4.46. The molecule has 0 spiro atoms. The van der Waals surface area contributed by atoms with Gasteiger partial charge in [0, 0.05) is 18.2 Å². The van der Waals surface area contributed by atoms with Crippen molar-refractivity contribution in [3.63, 3.8) is 0 Å². The van der Waals surface area contributed by atoms with Crippen LogP contribution in [0.5, 0.6) is 0 Å². The van der Waals surface area contributed by atoms with Gasteiger partial charge in [-0.25, -0.2) is 0 Å². The Morgan fingerprint density at radius 2 is 1.77 bits per heavy atom. The van der Waals surface area contributed by atoms with Gasteiger partial charge in [-0.3, -0.25) is 10.00 Å². The normalized spacial score (nSPS) is 19.1. The molecular weight excluding hydrogens is 320 g/mol. The third-order valence-corrected chi connectivity index (χ3v) is 5.49. The van der Waals surface area contributed by atoms with Gasteiger partial charge in [0.15, 0.2) is 0 Å². The van der Waals surface area contributed by atoms with Crippen LogP contribution in [-0.4, -0.2) is 53.2 Å². The lowest BCUT2D eigenvalue weighted by Crippen LogP contribution is -2.37. The predicted octanol–water partition coefficient (Wildman–Crippen LogP) is 3.80. The minimum atomic E-state index is 0.182. The molecule has 4 rings (SSSR count). The van der Waals surface area contributed by atoms with Gasteiger partial charge in [-0.2, -0.15) is 5.10 Å². The Balaban J connectivity index is 1.76. The number of likely N-dealkylation sites (N-methyl/N-ethyl adjacent to an activating group) is 2. The van der Waals surface area contributed by atoms with E-state index >= 15 is 0 Å². The van der Waals surface area contributed by atoms with E-state index in [1.807, 2.05) is 6.20 Å². The zero-order chi connectivity index (χ0) is 17.9. The molecule has 1 aliphatic rings. The number of rotatable bonds is 5. The first kappa shape index (κ1) is 17.0. The van der Waals surface area contributed by atoms with Crippen LogP contribution in [0.1, 0.15) is 23.6 Å². The standard InChI is InChI=1S/C22H26N4/c1-25-14-13-19(16-25)26(2)22(18-11-7-4-8-12-18)20-15-23-24-21(20)17-9-5-3-6-10-17/h3-12,15,19,22H,13-14,16H2,1-2H3,(H,23,24). The Bertz CT molecular complexity index is 828. The van der Waals surface area contributed by atoms with Crippen LogP contribution in [0.4, 0.5) is 0 Å². The van der Waals surface area contributed by atoms with Crippen molar-refractivity contribution in [2.75, 3.05) is 27.2 Å². The summed E-state index contributed by atoms with van der Waals surface area (Å²) in [4.78, 5) is 4.94. The van der Waals surface area contributed by atoms with E-state index in [1.165, 1.54) is 23.1 Å². The summed E-state index contributed by atoms with van der Waals surface area (Å²) in [6, 6.07) is 22.0. The second-order valence-corrected chi connectivity index (χ2v) is 7.25. The van der Waals surface area contributed by atoms with Crippen molar-refractivity contribution in [2.45, 2.75) is 18.5 Å². The van der Waals surface area contributed by atoms with Crippen molar-refractivity contribution >= 4 is 0 Å². The van der Waals surface area contributed by atoms with Gasteiger partial charge >= 0.3 is 0 Å². The summed E-state index contributed by atoms with van der Waals surface area (Å²) in [5.74, 6) is 0. The van der Waals surface area contributed by atoms with Crippen molar-refractivity contribution in [3.8, 4) is 11.3 Å². The molecule has 0 bridgehead atoms. The summed E-state index contributed by atoms with van der Waals surface area (Å²) >= 11 is 0. The topological polar surface area (TPSA) is 35.2 Å². The van der Waals surface area contributed by atoms with Crippen LogP contribution >= 0.6 is 0 Å². The molecule has 2 atom stereocenters. The fourth-order valence-corrected chi connectivity index (χ4v) is 4.06. The van der Waals surface area contributed by atoms with E-state index in [0.717, 1.165) is 18.8 Å². The van der Waals surface area contributed by atoms with Crippen LogP contribution in [0.25, 0.3) is 11.3 Å². The molecule has 1 N–H and O–H groups in total. The maximum atomic E-state index is 4.41. The van der Waals surface area contributed by atoms with Crippen LogP contribution in [0.15, 0.2) is 66.9 Å². The highest BCUT2D eigenvalue weighted by molar-refractivity contribution is 5.64. The van der Waals surface area contributed by atoms with Gasteiger partial charge in [-0.1, -0.05) is 60.7 Å². The average molecular weight is 346 g/mol. The number of benzene rings is 2. The fraction of sp³-hybridized carbons (Fsp3) is 0.318. The maximum absolute atomic E-state index is 4.41. The van der Waals surface area contributed by atoms with Gasteiger partial charge in [-0.15, -0.1) is 0 Å². The third-order valence-electron chi connectivity index (χ3n) is 5.49. The molecule has 1 fully saturated rings. The largest absolute Gasteiger partial charge is 0.305 e. The number of hydrogen-bond donors (Lipinski definition) is 1. The Morgan fingerprint density at radius 3 is 2.42 bits per heavy atom. The zero-order valence-corrected chi connectivity index (χ0v) is 15.5. The highest BCUT2D eigenvalue weighted by atomic mass is 15.2. The third kappa shape index (κ3) is 3.30. The number of hydrogen-bond acceptors (Lipinski definition) is 3. The first-order valence-electron chi connectivity index (χ1n) is 9.28. The van der Waals surface area contributed by atoms with Crippen molar-refractivity contribution in [2.24, 2.45) is 0 Å². The number of nitrogens with zero attached hydrogens (tertiary/aromatic N) is 3. The molecule has 134 valence electrons. The Kier molecular flexibility index (Phi) is 4.87. The first-order valence-corrected chi connectivity index (χ1v) is 9.28. The number of aromatic nitrogens is 2. The van der Waals surface area contributed by atoms with Crippen molar-refractivity contribution in [1.82, 2.24) is 20.0 Å². The summed E-state index contributed by atoms with van der Waals surface area (Å²) in [5.41, 5.74) is 4.83. The molecule has 1 saturated heterocycles. The second-order valence-electron chi connectivity index (χ2n) is 7.25. The van der Waals surface area contributed by atoms with Crippen LogP contribution in [0.2, 0.25) is 0 Å². The molecule has 0 aliphatic carbocycles. The molecule has 0 saturated carbocycles. The van der Waals surface area contributed by atoms with Gasteiger partial charge in [0.2, 0.25) is 0 Å². The summed E-state index contributed by atoms with van der Waals surface area (Å²) < 4.78 is 0. The first-order chi connectivity index (χ1) is 12.7. The molecule has 3 aromatic rings. The molecule has 2 aromatic carbocycles. The number of H-pyrrole nitrogens is 1. The SMILES string of the molecule is CN1CCC(N(C)C(c2ccccc2)c2cn[nH]c2-c2ccccc2)C1. The Hall–Kier alpha value is -2.43. The van der Waals surface area contributed by atoms with Crippen LogP contribution < -0.4 is 0 Å². The molecule has 1 aromatic heterocycles. The summed E-state index contributed by atoms with van der Waals surface area (Å²) in [5, 5.41) is 7.65. The predicted molar refractivity (Wildman–Crippen MR) is 106 cm³/mol. The van der Waals surface area contributed by atoms with Crippen LogP contribution in [0, 0.1) is 0 Å².